The van der Waals surface area contributed by atoms with E-state index in [1.165, 1.54) is 28.4 Å². The van der Waals surface area contributed by atoms with Crippen LogP contribution in [0.1, 0.15) is 218 Å². The molecule has 3 saturated carbocycles. The molecule has 16 nitrogen and oxygen atoms in total. The molecule has 0 aliphatic heterocycles. The van der Waals surface area contributed by atoms with Gasteiger partial charge in [0.05, 0.1) is 34.5 Å². The monoisotopic (exact) mass is 1040 g/mol. The predicted octanol–water partition coefficient (Wildman–Crippen LogP) is 11.5. The highest BCUT2D eigenvalue weighted by Gasteiger charge is 2.46. The van der Waals surface area contributed by atoms with Crippen LogP contribution in [0.4, 0.5) is 0 Å². The summed E-state index contributed by atoms with van der Waals surface area (Å²) >= 11 is 0. The van der Waals surface area contributed by atoms with Crippen molar-refractivity contribution >= 4 is 59.3 Å². The molecular weight excluding hydrogens is 941 g/mol. The molecule has 426 valence electrons. The van der Waals surface area contributed by atoms with Gasteiger partial charge in [-0.25, -0.2) is 0 Å². The summed E-state index contributed by atoms with van der Waals surface area (Å²) < 4.78 is 17.7. The van der Waals surface area contributed by atoms with E-state index in [2.05, 4.69) is 51.9 Å². The Morgan fingerprint density at radius 2 is 1.10 bits per heavy atom. The molecule has 0 amide bonds. The number of esters is 4. The van der Waals surface area contributed by atoms with Gasteiger partial charge in [0.2, 0.25) is 0 Å². The third-order valence-electron chi connectivity index (χ3n) is 12.2. The average Bonchev–Trinajstić information content (AvgIpc) is 4.20. The van der Waals surface area contributed by atoms with Gasteiger partial charge in [0.1, 0.15) is 24.3 Å². The van der Waals surface area contributed by atoms with Gasteiger partial charge in [-0.1, -0.05) is 102 Å². The molecular formula is C57H102O16. The van der Waals surface area contributed by atoms with E-state index in [4.69, 9.17) is 5.11 Å². The van der Waals surface area contributed by atoms with Crippen molar-refractivity contribution in [3.05, 3.63) is 23.3 Å². The Hall–Kier alpha value is -4.86. The van der Waals surface area contributed by atoms with Crippen LogP contribution in [0, 0.1) is 29.6 Å². The second-order valence-electron chi connectivity index (χ2n) is 17.5. The number of unbranched alkanes of at least 4 members (excludes halogenated alkanes) is 1. The van der Waals surface area contributed by atoms with Crippen molar-refractivity contribution < 1.29 is 77.1 Å². The molecule has 0 saturated heterocycles. The van der Waals surface area contributed by atoms with Crippen molar-refractivity contribution in [2.45, 2.75) is 225 Å². The minimum atomic E-state index is -0.969. The van der Waals surface area contributed by atoms with Crippen LogP contribution in [0.15, 0.2) is 23.3 Å². The molecule has 5 atom stereocenters. The predicted molar refractivity (Wildman–Crippen MR) is 288 cm³/mol. The third-order valence-corrected chi connectivity index (χ3v) is 12.2. The molecule has 0 heterocycles. The Labute approximate surface area is 440 Å². The van der Waals surface area contributed by atoms with Crippen LogP contribution in [-0.2, 0) is 66.9 Å². The summed E-state index contributed by atoms with van der Waals surface area (Å²) in [5, 5.41) is 18.3. The van der Waals surface area contributed by atoms with Gasteiger partial charge < -0.3 is 34.0 Å². The number of hydrogen-bond donors (Lipinski definition) is 2. The average molecular weight is 1040 g/mol. The number of aliphatic carboxylic acids is 1. The number of aliphatic hydroxyl groups is 1. The number of carbonyl (C=O) groups is 10. The number of aliphatic hydroxyl groups excluding tert-OH is 1. The fraction of sp³-hybridized carbons (Fsp3) is 0.754. The molecule has 5 aliphatic rings. The minimum absolute atomic E-state index is 0. The molecule has 5 unspecified atom stereocenters. The fourth-order valence-corrected chi connectivity index (χ4v) is 8.56. The Morgan fingerprint density at radius 3 is 1.40 bits per heavy atom. The standard InChI is InChI=1S/C13H20O5.C10H18O3.2C8H12O.C5H8O4.C5H8O.C4H8O.4CH4/c1-4-5-8-9(6-7-10(8)14)11(12(15)17-2)13(16)18-3;1-2-3-8-7(6-10(12)13)4-5-9(8)11;2*1-2-4-7-5-3-6-8(7)9;1-8-4(6)3-5(7)9-2;6-5-3-1-2-4-5;1-2-3-4-5;;;;/h8-9,11H,4-7H2,1-3H3;7-9,11H,2-6H2,1H3,(H,12,13);2*5H,2-4,6H2,1H3;3H2,1-2H3;1-4H2;4H,2-3H2,1H3;4*1H4. The van der Waals surface area contributed by atoms with E-state index in [0.29, 0.717) is 43.0 Å². The van der Waals surface area contributed by atoms with Crippen molar-refractivity contribution in [2.75, 3.05) is 28.4 Å². The maximum absolute atomic E-state index is 11.8. The zero-order chi connectivity index (χ0) is 52.7. The number of carbonyl (C=O) groups excluding carboxylic acids is 9. The highest BCUT2D eigenvalue weighted by atomic mass is 16.5. The molecule has 2 N–H and O–H groups in total. The van der Waals surface area contributed by atoms with Crippen LogP contribution in [0.2, 0.25) is 0 Å². The lowest BCUT2D eigenvalue weighted by atomic mass is 9.81. The van der Waals surface area contributed by atoms with Gasteiger partial charge in [-0.2, -0.15) is 0 Å². The summed E-state index contributed by atoms with van der Waals surface area (Å²) in [7, 11) is 4.91. The van der Waals surface area contributed by atoms with Crippen LogP contribution < -0.4 is 0 Å². The first-order valence-electron chi connectivity index (χ1n) is 25.0. The van der Waals surface area contributed by atoms with E-state index >= 15 is 0 Å². The number of rotatable bonds is 17. The second-order valence-corrected chi connectivity index (χ2v) is 17.5. The molecule has 73 heavy (non-hydrogen) atoms. The number of aldehydes is 1. The van der Waals surface area contributed by atoms with E-state index in [9.17, 15) is 53.1 Å². The number of carboxylic acids is 1. The molecule has 0 aromatic rings. The number of carboxylic acid groups (broad SMARTS) is 1. The molecule has 0 aromatic carbocycles. The van der Waals surface area contributed by atoms with Gasteiger partial charge in [-0.3, -0.25) is 43.2 Å². The number of hydrogen-bond acceptors (Lipinski definition) is 15. The van der Waals surface area contributed by atoms with Crippen molar-refractivity contribution in [3.8, 4) is 0 Å². The minimum Gasteiger partial charge on any atom is -0.481 e. The van der Waals surface area contributed by atoms with Crippen molar-refractivity contribution in [1.29, 1.82) is 0 Å². The Balaban J connectivity index is -0.000000184. The summed E-state index contributed by atoms with van der Waals surface area (Å²) in [6, 6.07) is 0. The van der Waals surface area contributed by atoms with Crippen molar-refractivity contribution in [2.24, 2.45) is 29.6 Å². The number of Topliss-reactive ketones (excluding diaryl/α,β-unsaturated/α-hetero) is 4. The zero-order valence-corrected chi connectivity index (χ0v) is 43.3. The number of methoxy groups -OCH3 is 4. The first-order chi connectivity index (χ1) is 32.9. The topological polar surface area (TPSA) is 248 Å². The molecule has 0 radical (unpaired) electrons. The normalized spacial score (nSPS) is 19.6. The lowest BCUT2D eigenvalue weighted by molar-refractivity contribution is -0.162. The van der Waals surface area contributed by atoms with Gasteiger partial charge in [0, 0.05) is 50.9 Å². The second kappa shape index (κ2) is 49.4. The molecule has 0 bridgehead atoms. The Kier molecular flexibility index (Phi) is 53.8. The molecule has 0 spiro atoms. The number of allylic oxidation sites excluding steroid dienone is 4. The number of ether oxygens (including phenoxy) is 4. The van der Waals surface area contributed by atoms with Gasteiger partial charge in [0.25, 0.3) is 0 Å². The highest BCUT2D eigenvalue weighted by molar-refractivity contribution is 5.98. The molecule has 0 aromatic heterocycles. The van der Waals surface area contributed by atoms with E-state index in [-0.39, 0.29) is 78.1 Å². The summed E-state index contributed by atoms with van der Waals surface area (Å²) in [5.41, 5.74) is 2.13. The van der Waals surface area contributed by atoms with E-state index in [1.54, 1.807) is 0 Å². The maximum atomic E-state index is 11.8. The lowest BCUT2D eigenvalue weighted by Crippen LogP contribution is -2.36. The fourth-order valence-electron chi connectivity index (χ4n) is 8.56. The van der Waals surface area contributed by atoms with Crippen LogP contribution in [0.5, 0.6) is 0 Å². The van der Waals surface area contributed by atoms with Crippen LogP contribution in [0.3, 0.4) is 0 Å². The Bertz CT molecular complexity index is 1570. The first-order valence-corrected chi connectivity index (χ1v) is 25.0. The molecule has 3 fully saturated rings. The summed E-state index contributed by atoms with van der Waals surface area (Å²) in [4.78, 5) is 108. The largest absolute Gasteiger partial charge is 0.481 e. The van der Waals surface area contributed by atoms with Crippen molar-refractivity contribution in [1.82, 2.24) is 0 Å². The zero-order valence-electron chi connectivity index (χ0n) is 43.3. The number of ketones is 4. The van der Waals surface area contributed by atoms with E-state index in [1.807, 2.05) is 13.8 Å². The van der Waals surface area contributed by atoms with Gasteiger partial charge in [0.15, 0.2) is 17.5 Å². The highest BCUT2D eigenvalue weighted by Crippen LogP contribution is 2.39. The van der Waals surface area contributed by atoms with Crippen LogP contribution >= 0.6 is 0 Å². The van der Waals surface area contributed by atoms with Crippen LogP contribution in [-0.4, -0.2) is 104 Å². The first kappa shape index (κ1) is 79.5. The van der Waals surface area contributed by atoms with Crippen LogP contribution in [0.25, 0.3) is 0 Å². The summed E-state index contributed by atoms with van der Waals surface area (Å²) in [5.74, 6) is -2.83. The summed E-state index contributed by atoms with van der Waals surface area (Å²) in [6.45, 7) is 10.2. The molecule has 16 heteroatoms. The smallest absolute Gasteiger partial charge is 0.320 e. The van der Waals surface area contributed by atoms with E-state index < -0.39 is 35.8 Å². The SMILES string of the molecule is C.C.C.C.CCCC1=CCCC1=O.CCCC1=CCCC1=O.CCCC1C(=O)CCC1C(C(=O)OC)C(=O)OC.CCCC1C(O)CCC1CC(=O)O.CCCC=O.COC(=O)CC(=O)OC.O=C1CCCC1. The third kappa shape index (κ3) is 35.1. The molecule has 5 aliphatic carbocycles. The van der Waals surface area contributed by atoms with Gasteiger partial charge >= 0.3 is 29.8 Å². The van der Waals surface area contributed by atoms with Gasteiger partial charge in [-0.15, -0.1) is 0 Å². The lowest BCUT2D eigenvalue weighted by Gasteiger charge is -2.23. The van der Waals surface area contributed by atoms with Crippen molar-refractivity contribution in [3.63, 3.8) is 0 Å². The Morgan fingerprint density at radius 1 is 0.630 bits per heavy atom. The van der Waals surface area contributed by atoms with Gasteiger partial charge in [-0.05, 0) is 106 Å². The maximum Gasteiger partial charge on any atom is 0.320 e. The molecule has 5 rings (SSSR count). The quantitative estimate of drug-likeness (QED) is 0.0595. The van der Waals surface area contributed by atoms with E-state index in [0.717, 1.165) is 133 Å². The summed E-state index contributed by atoms with van der Waals surface area (Å²) in [6.07, 6.45) is 24.2.